The van der Waals surface area contributed by atoms with Gasteiger partial charge in [-0.15, -0.1) is 0 Å². The molecule has 1 heterocycles. The highest BCUT2D eigenvalue weighted by Crippen LogP contribution is 2.35. The van der Waals surface area contributed by atoms with Crippen molar-refractivity contribution in [2.24, 2.45) is 5.92 Å². The number of rotatable bonds is 7. The van der Waals surface area contributed by atoms with Crippen LogP contribution < -0.4 is 14.8 Å². The molecule has 1 aliphatic carbocycles. The van der Waals surface area contributed by atoms with Gasteiger partial charge in [0.25, 0.3) is 0 Å². The molecule has 2 fully saturated rings. The maximum Gasteiger partial charge on any atom is 0.223 e. The lowest BCUT2D eigenvalue weighted by Crippen LogP contribution is -2.42. The Morgan fingerprint density at radius 1 is 1.00 bits per heavy atom. The minimum absolute atomic E-state index is 0.0971. The summed E-state index contributed by atoms with van der Waals surface area (Å²) in [4.78, 5) is 15.3. The Hall–Kier alpha value is -2.53. The first-order valence-electron chi connectivity index (χ1n) is 11.0. The molecule has 30 heavy (non-hydrogen) atoms. The van der Waals surface area contributed by atoms with Crippen molar-refractivity contribution in [2.75, 3.05) is 27.3 Å². The molecule has 1 amide bonds. The van der Waals surface area contributed by atoms with Gasteiger partial charge in [-0.25, -0.2) is 0 Å². The van der Waals surface area contributed by atoms with Gasteiger partial charge in [0.15, 0.2) is 11.5 Å². The van der Waals surface area contributed by atoms with Crippen LogP contribution in [0.3, 0.4) is 0 Å². The van der Waals surface area contributed by atoms with Gasteiger partial charge in [0.2, 0.25) is 5.91 Å². The molecule has 4 rings (SSSR count). The summed E-state index contributed by atoms with van der Waals surface area (Å²) in [5.41, 5.74) is 2.48. The lowest BCUT2D eigenvalue weighted by Gasteiger charge is -2.23. The largest absolute Gasteiger partial charge is 0.493 e. The molecule has 2 aromatic rings. The van der Waals surface area contributed by atoms with Crippen molar-refractivity contribution in [3.05, 3.63) is 59.7 Å². The molecule has 160 valence electrons. The molecule has 1 saturated heterocycles. The van der Waals surface area contributed by atoms with Crippen LogP contribution in [0.5, 0.6) is 11.5 Å². The quantitative estimate of drug-likeness (QED) is 0.753. The fraction of sp³-hybridized carbons (Fsp3) is 0.480. The van der Waals surface area contributed by atoms with Crippen LogP contribution in [0.15, 0.2) is 48.5 Å². The van der Waals surface area contributed by atoms with Crippen molar-refractivity contribution in [2.45, 2.75) is 44.2 Å². The van der Waals surface area contributed by atoms with E-state index in [9.17, 15) is 4.79 Å². The summed E-state index contributed by atoms with van der Waals surface area (Å²) in [6, 6.07) is 16.8. The van der Waals surface area contributed by atoms with E-state index in [0.29, 0.717) is 0 Å². The van der Waals surface area contributed by atoms with Crippen LogP contribution in [-0.2, 0) is 11.3 Å². The number of nitrogens with zero attached hydrogens (tertiary/aromatic N) is 1. The van der Waals surface area contributed by atoms with Crippen molar-refractivity contribution < 1.29 is 14.3 Å². The summed E-state index contributed by atoms with van der Waals surface area (Å²) in [5, 5.41) is 3.40. The number of benzene rings is 2. The van der Waals surface area contributed by atoms with Gasteiger partial charge >= 0.3 is 0 Å². The Labute approximate surface area is 179 Å². The monoisotopic (exact) mass is 408 g/mol. The Balaban J connectivity index is 1.54. The van der Waals surface area contributed by atoms with Crippen LogP contribution in [0, 0.1) is 5.92 Å². The Kier molecular flexibility index (Phi) is 6.58. The fourth-order valence-corrected chi connectivity index (χ4v) is 4.91. The zero-order valence-corrected chi connectivity index (χ0v) is 18.0. The van der Waals surface area contributed by atoms with E-state index in [0.717, 1.165) is 44.0 Å². The van der Waals surface area contributed by atoms with E-state index in [1.807, 2.05) is 12.1 Å². The second-order valence-electron chi connectivity index (χ2n) is 8.50. The molecule has 0 spiro atoms. The average molecular weight is 409 g/mol. The van der Waals surface area contributed by atoms with Crippen molar-refractivity contribution in [1.29, 1.82) is 0 Å². The number of carbonyl (C=O) groups is 1. The third-order valence-corrected chi connectivity index (χ3v) is 6.53. The molecular weight excluding hydrogens is 376 g/mol. The molecule has 5 nitrogen and oxygen atoms in total. The molecule has 0 unspecified atom stereocenters. The van der Waals surface area contributed by atoms with Crippen molar-refractivity contribution in [3.63, 3.8) is 0 Å². The normalized spacial score (nSPS) is 22.2. The summed E-state index contributed by atoms with van der Waals surface area (Å²) in [6.07, 6.45) is 4.38. The van der Waals surface area contributed by atoms with Crippen molar-refractivity contribution in [3.8, 4) is 11.5 Å². The van der Waals surface area contributed by atoms with Gasteiger partial charge in [0.1, 0.15) is 0 Å². The van der Waals surface area contributed by atoms with Gasteiger partial charge in [-0.1, -0.05) is 49.2 Å². The standard InChI is InChI=1S/C25H32N2O3/c1-29-23-13-12-20(14-24(23)30-2)21-16-27(15-18-8-4-3-5-9-18)17-22(21)26-25(28)19-10-6-7-11-19/h3-5,8-9,12-14,19,21-22H,6-7,10-11,15-17H2,1-2H3,(H,26,28)/t21-,22+/m1/s1. The van der Waals surface area contributed by atoms with E-state index in [1.54, 1.807) is 14.2 Å². The number of carbonyl (C=O) groups excluding carboxylic acids is 1. The maximum absolute atomic E-state index is 12.9. The highest BCUT2D eigenvalue weighted by atomic mass is 16.5. The summed E-state index contributed by atoms with van der Waals surface area (Å²) in [7, 11) is 3.32. The van der Waals surface area contributed by atoms with E-state index in [-0.39, 0.29) is 23.8 Å². The van der Waals surface area contributed by atoms with Crippen LogP contribution in [0.1, 0.15) is 42.7 Å². The molecule has 2 atom stereocenters. The minimum Gasteiger partial charge on any atom is -0.493 e. The van der Waals surface area contributed by atoms with Gasteiger partial charge in [0.05, 0.1) is 14.2 Å². The Morgan fingerprint density at radius 2 is 1.73 bits per heavy atom. The number of likely N-dealkylation sites (tertiary alicyclic amines) is 1. The van der Waals surface area contributed by atoms with Gasteiger partial charge in [-0.2, -0.15) is 0 Å². The van der Waals surface area contributed by atoms with E-state index >= 15 is 0 Å². The molecule has 1 N–H and O–H groups in total. The molecule has 0 bridgehead atoms. The molecular formula is C25H32N2O3. The third kappa shape index (κ3) is 4.62. The van der Waals surface area contributed by atoms with Crippen LogP contribution >= 0.6 is 0 Å². The lowest BCUT2D eigenvalue weighted by molar-refractivity contribution is -0.125. The van der Waals surface area contributed by atoms with Gasteiger partial charge < -0.3 is 14.8 Å². The molecule has 2 aromatic carbocycles. The second kappa shape index (κ2) is 9.52. The first kappa shape index (κ1) is 20.7. The average Bonchev–Trinajstić information content (AvgIpc) is 3.44. The van der Waals surface area contributed by atoms with Gasteiger partial charge in [-0.05, 0) is 36.1 Å². The molecule has 0 radical (unpaired) electrons. The van der Waals surface area contributed by atoms with E-state index < -0.39 is 0 Å². The number of methoxy groups -OCH3 is 2. The zero-order chi connectivity index (χ0) is 20.9. The van der Waals surface area contributed by atoms with Crippen LogP contribution in [0.4, 0.5) is 0 Å². The predicted octanol–water partition coefficient (Wildman–Crippen LogP) is 3.98. The second-order valence-corrected chi connectivity index (χ2v) is 8.50. The zero-order valence-electron chi connectivity index (χ0n) is 18.0. The number of nitrogens with one attached hydrogen (secondary N) is 1. The first-order chi connectivity index (χ1) is 14.7. The van der Waals surface area contributed by atoms with E-state index in [2.05, 4.69) is 46.6 Å². The van der Waals surface area contributed by atoms with Crippen molar-refractivity contribution in [1.82, 2.24) is 10.2 Å². The van der Waals surface area contributed by atoms with Crippen molar-refractivity contribution >= 4 is 5.91 Å². The topological polar surface area (TPSA) is 50.8 Å². The highest BCUT2D eigenvalue weighted by Gasteiger charge is 2.36. The summed E-state index contributed by atoms with van der Waals surface area (Å²) in [5.74, 6) is 2.09. The molecule has 5 heteroatoms. The molecule has 1 aliphatic heterocycles. The van der Waals surface area contributed by atoms with Crippen LogP contribution in [-0.4, -0.2) is 44.2 Å². The number of hydrogen-bond donors (Lipinski definition) is 1. The summed E-state index contributed by atoms with van der Waals surface area (Å²) >= 11 is 0. The van der Waals surface area contributed by atoms with E-state index in [1.165, 1.54) is 24.0 Å². The van der Waals surface area contributed by atoms with Crippen LogP contribution in [0.25, 0.3) is 0 Å². The minimum atomic E-state index is 0.0971. The summed E-state index contributed by atoms with van der Waals surface area (Å²) < 4.78 is 10.9. The maximum atomic E-state index is 12.9. The number of amides is 1. The lowest BCUT2D eigenvalue weighted by atomic mass is 9.93. The molecule has 1 saturated carbocycles. The molecule has 0 aromatic heterocycles. The molecule has 2 aliphatic rings. The smallest absolute Gasteiger partial charge is 0.223 e. The Morgan fingerprint density at radius 3 is 2.43 bits per heavy atom. The van der Waals surface area contributed by atoms with Gasteiger partial charge in [-0.3, -0.25) is 9.69 Å². The third-order valence-electron chi connectivity index (χ3n) is 6.53. The highest BCUT2D eigenvalue weighted by molar-refractivity contribution is 5.79. The predicted molar refractivity (Wildman–Crippen MR) is 118 cm³/mol. The first-order valence-corrected chi connectivity index (χ1v) is 11.0. The SMILES string of the molecule is COc1ccc([C@H]2CN(Cc3ccccc3)C[C@@H]2NC(=O)C2CCCC2)cc1OC. The van der Waals surface area contributed by atoms with E-state index in [4.69, 9.17) is 9.47 Å². The summed E-state index contributed by atoms with van der Waals surface area (Å²) in [6.45, 7) is 2.65. The Bertz CT molecular complexity index is 849. The fourth-order valence-electron chi connectivity index (χ4n) is 4.91. The van der Waals surface area contributed by atoms with Crippen LogP contribution in [0.2, 0.25) is 0 Å². The van der Waals surface area contributed by atoms with Gasteiger partial charge in [0, 0.05) is 37.5 Å². The number of hydrogen-bond acceptors (Lipinski definition) is 4. The number of ether oxygens (including phenoxy) is 2.